The molecule has 27 heavy (non-hydrogen) atoms. The SMILES string of the molecule is C=C(C(C)=C(C)C)C(C)=C(C(CC)CCC=C(CC)CC)C1(C)CCC1C. The van der Waals surface area contributed by atoms with Crippen LogP contribution in [0.15, 0.2) is 46.1 Å². The lowest BCUT2D eigenvalue weighted by Crippen LogP contribution is -2.40. The van der Waals surface area contributed by atoms with Crippen LogP contribution < -0.4 is 0 Å². The van der Waals surface area contributed by atoms with Crippen molar-refractivity contribution in [2.24, 2.45) is 17.3 Å². The first kappa shape index (κ1) is 24.0. The standard InChI is InChI=1S/C27H46/c1-11-24(12-2)15-14-16-25(13-3)26(27(10)18-17-20(27)6)23(9)22(8)21(7)19(4)5/h15,20,25H,8,11-14,16-18H2,1-7,9-10H3. The van der Waals surface area contributed by atoms with Crippen LogP contribution in [0.25, 0.3) is 0 Å². The first-order valence-corrected chi connectivity index (χ1v) is 11.4. The average Bonchev–Trinajstić information content (AvgIpc) is 2.66. The first-order valence-electron chi connectivity index (χ1n) is 11.4. The van der Waals surface area contributed by atoms with Crippen LogP contribution in [0.3, 0.4) is 0 Å². The average molecular weight is 371 g/mol. The summed E-state index contributed by atoms with van der Waals surface area (Å²) in [6.45, 7) is 25.4. The highest BCUT2D eigenvalue weighted by atomic mass is 14.5. The molecule has 3 unspecified atom stereocenters. The van der Waals surface area contributed by atoms with Crippen LogP contribution in [0.5, 0.6) is 0 Å². The smallest absolute Gasteiger partial charge is 0.00819 e. The fourth-order valence-electron chi connectivity index (χ4n) is 4.79. The van der Waals surface area contributed by atoms with E-state index in [2.05, 4.69) is 75.0 Å². The summed E-state index contributed by atoms with van der Waals surface area (Å²) < 4.78 is 0. The topological polar surface area (TPSA) is 0 Å². The highest BCUT2D eigenvalue weighted by Crippen LogP contribution is 2.56. The Bertz CT molecular complexity index is 600. The van der Waals surface area contributed by atoms with Gasteiger partial charge >= 0.3 is 0 Å². The Morgan fingerprint density at radius 3 is 2.04 bits per heavy atom. The third-order valence-corrected chi connectivity index (χ3v) is 7.62. The zero-order valence-corrected chi connectivity index (χ0v) is 19.9. The maximum Gasteiger partial charge on any atom is -0.00819 e. The fourth-order valence-corrected chi connectivity index (χ4v) is 4.79. The van der Waals surface area contributed by atoms with Crippen molar-refractivity contribution >= 4 is 0 Å². The third-order valence-electron chi connectivity index (χ3n) is 7.62. The molecule has 1 aliphatic carbocycles. The van der Waals surface area contributed by atoms with E-state index in [1.165, 1.54) is 67.2 Å². The van der Waals surface area contributed by atoms with E-state index in [1.807, 2.05) is 0 Å². The molecule has 0 saturated heterocycles. The molecule has 0 bridgehead atoms. The number of hydrogen-bond donors (Lipinski definition) is 0. The van der Waals surface area contributed by atoms with Gasteiger partial charge in [0.1, 0.15) is 0 Å². The maximum absolute atomic E-state index is 4.52. The molecule has 0 spiro atoms. The monoisotopic (exact) mass is 370 g/mol. The molecule has 0 heterocycles. The summed E-state index contributed by atoms with van der Waals surface area (Å²) in [5.74, 6) is 1.46. The zero-order chi connectivity index (χ0) is 20.8. The number of allylic oxidation sites excluding steroid dienone is 7. The van der Waals surface area contributed by atoms with E-state index in [4.69, 9.17) is 0 Å². The Labute approximate surface area is 170 Å². The van der Waals surface area contributed by atoms with Crippen LogP contribution in [-0.4, -0.2) is 0 Å². The van der Waals surface area contributed by atoms with Gasteiger partial charge < -0.3 is 0 Å². The predicted molar refractivity (Wildman–Crippen MR) is 124 cm³/mol. The van der Waals surface area contributed by atoms with E-state index in [0.717, 1.165) is 5.92 Å². The second kappa shape index (κ2) is 10.5. The molecule has 0 radical (unpaired) electrons. The normalized spacial score (nSPS) is 23.8. The summed E-state index contributed by atoms with van der Waals surface area (Å²) in [4.78, 5) is 0. The minimum Gasteiger partial charge on any atom is -0.0912 e. The Hall–Kier alpha value is -1.04. The van der Waals surface area contributed by atoms with Crippen LogP contribution in [0, 0.1) is 17.3 Å². The summed E-state index contributed by atoms with van der Waals surface area (Å²) in [5.41, 5.74) is 9.19. The summed E-state index contributed by atoms with van der Waals surface area (Å²) in [6, 6.07) is 0. The van der Waals surface area contributed by atoms with Gasteiger partial charge in [-0.25, -0.2) is 0 Å². The van der Waals surface area contributed by atoms with E-state index in [1.54, 1.807) is 11.1 Å². The zero-order valence-electron chi connectivity index (χ0n) is 19.9. The van der Waals surface area contributed by atoms with Crippen LogP contribution in [0.1, 0.15) is 107 Å². The predicted octanol–water partition coefficient (Wildman–Crippen LogP) is 9.20. The van der Waals surface area contributed by atoms with Gasteiger partial charge in [0.05, 0.1) is 0 Å². The largest absolute Gasteiger partial charge is 0.0912 e. The minimum atomic E-state index is 0.359. The lowest BCUT2D eigenvalue weighted by Gasteiger charge is -2.51. The molecule has 0 aromatic rings. The van der Waals surface area contributed by atoms with Crippen LogP contribution in [-0.2, 0) is 0 Å². The molecule has 0 N–H and O–H groups in total. The highest BCUT2D eigenvalue weighted by Gasteiger charge is 2.45. The summed E-state index contributed by atoms with van der Waals surface area (Å²) in [6.07, 6.45) is 11.3. The van der Waals surface area contributed by atoms with E-state index in [0.29, 0.717) is 11.3 Å². The van der Waals surface area contributed by atoms with Crippen LogP contribution >= 0.6 is 0 Å². The molecule has 1 saturated carbocycles. The first-order chi connectivity index (χ1) is 12.6. The van der Waals surface area contributed by atoms with Gasteiger partial charge in [0.25, 0.3) is 0 Å². The van der Waals surface area contributed by atoms with E-state index in [9.17, 15) is 0 Å². The molecule has 1 rings (SSSR count). The van der Waals surface area contributed by atoms with E-state index >= 15 is 0 Å². The summed E-state index contributed by atoms with van der Waals surface area (Å²) in [7, 11) is 0. The molecule has 0 aliphatic heterocycles. The molecule has 0 aromatic heterocycles. The molecular formula is C27H46. The van der Waals surface area contributed by atoms with Gasteiger partial charge in [0, 0.05) is 0 Å². The lowest BCUT2D eigenvalue weighted by molar-refractivity contribution is 0.0929. The maximum atomic E-state index is 4.52. The van der Waals surface area contributed by atoms with Crippen molar-refractivity contribution < 1.29 is 0 Å². The van der Waals surface area contributed by atoms with Crippen molar-refractivity contribution in [3.63, 3.8) is 0 Å². The van der Waals surface area contributed by atoms with Crippen molar-refractivity contribution in [1.29, 1.82) is 0 Å². The molecule has 1 aliphatic rings. The second-order valence-electron chi connectivity index (χ2n) is 9.25. The highest BCUT2D eigenvalue weighted by molar-refractivity contribution is 5.49. The second-order valence-corrected chi connectivity index (χ2v) is 9.25. The Balaban J connectivity index is 3.28. The molecule has 0 nitrogen and oxygen atoms in total. The minimum absolute atomic E-state index is 0.359. The molecule has 0 aromatic carbocycles. The van der Waals surface area contributed by atoms with E-state index < -0.39 is 0 Å². The van der Waals surface area contributed by atoms with Gasteiger partial charge in [0.15, 0.2) is 0 Å². The fraction of sp³-hybridized carbons (Fsp3) is 0.704. The van der Waals surface area contributed by atoms with Gasteiger partial charge in [-0.1, -0.05) is 64.0 Å². The Morgan fingerprint density at radius 2 is 1.67 bits per heavy atom. The van der Waals surface area contributed by atoms with Crippen molar-refractivity contribution in [2.75, 3.05) is 0 Å². The van der Waals surface area contributed by atoms with Crippen LogP contribution in [0.2, 0.25) is 0 Å². The number of hydrogen-bond acceptors (Lipinski definition) is 0. The van der Waals surface area contributed by atoms with Crippen molar-refractivity contribution in [1.82, 2.24) is 0 Å². The van der Waals surface area contributed by atoms with E-state index in [-0.39, 0.29) is 0 Å². The molecule has 154 valence electrons. The lowest BCUT2D eigenvalue weighted by atomic mass is 9.54. The van der Waals surface area contributed by atoms with Crippen molar-refractivity contribution in [3.05, 3.63) is 46.1 Å². The van der Waals surface area contributed by atoms with Gasteiger partial charge in [-0.2, -0.15) is 0 Å². The summed E-state index contributed by atoms with van der Waals surface area (Å²) in [5, 5.41) is 0. The Kier molecular flexibility index (Phi) is 9.32. The molecule has 3 atom stereocenters. The van der Waals surface area contributed by atoms with Crippen molar-refractivity contribution in [3.8, 4) is 0 Å². The molecule has 0 amide bonds. The number of rotatable bonds is 10. The summed E-state index contributed by atoms with van der Waals surface area (Å²) >= 11 is 0. The Morgan fingerprint density at radius 1 is 1.07 bits per heavy atom. The van der Waals surface area contributed by atoms with Gasteiger partial charge in [-0.3, -0.25) is 0 Å². The molecule has 0 heteroatoms. The molecular weight excluding hydrogens is 324 g/mol. The van der Waals surface area contributed by atoms with Crippen molar-refractivity contribution in [2.45, 2.75) is 107 Å². The molecule has 1 fully saturated rings. The van der Waals surface area contributed by atoms with Gasteiger partial charge in [-0.15, -0.1) is 0 Å². The van der Waals surface area contributed by atoms with Crippen LogP contribution in [0.4, 0.5) is 0 Å². The van der Waals surface area contributed by atoms with Gasteiger partial charge in [-0.05, 0) is 107 Å². The van der Waals surface area contributed by atoms with Gasteiger partial charge in [0.2, 0.25) is 0 Å². The quantitative estimate of drug-likeness (QED) is 0.265. The third kappa shape index (κ3) is 5.49.